The van der Waals surface area contributed by atoms with Gasteiger partial charge in [0.1, 0.15) is 0 Å². The van der Waals surface area contributed by atoms with Crippen LogP contribution in [0.5, 0.6) is 11.5 Å². The van der Waals surface area contributed by atoms with Gasteiger partial charge in [0, 0.05) is 11.6 Å². The summed E-state index contributed by atoms with van der Waals surface area (Å²) < 4.78 is 10.7. The molecule has 0 bridgehead atoms. The van der Waals surface area contributed by atoms with E-state index in [1.807, 2.05) is 6.07 Å². The van der Waals surface area contributed by atoms with Crippen molar-refractivity contribution in [2.45, 2.75) is 18.9 Å². The Morgan fingerprint density at radius 2 is 2.07 bits per heavy atom. The molecule has 76 valence electrons. The maximum Gasteiger partial charge on any atom is 0.231 e. The van der Waals surface area contributed by atoms with Crippen molar-refractivity contribution in [3.63, 3.8) is 0 Å². The summed E-state index contributed by atoms with van der Waals surface area (Å²) in [7, 11) is 0. The summed E-state index contributed by atoms with van der Waals surface area (Å²) in [6.45, 7) is 0.348. The summed E-state index contributed by atoms with van der Waals surface area (Å²) in [5.41, 5.74) is 8.45. The van der Waals surface area contributed by atoms with Crippen LogP contribution in [0.2, 0.25) is 0 Å². The molecule has 1 unspecified atom stereocenters. The van der Waals surface area contributed by atoms with Gasteiger partial charge in [0.2, 0.25) is 6.79 Å². The van der Waals surface area contributed by atoms with Crippen molar-refractivity contribution >= 4 is 12.4 Å². The van der Waals surface area contributed by atoms with Gasteiger partial charge in [-0.1, -0.05) is 6.07 Å². The summed E-state index contributed by atoms with van der Waals surface area (Å²) in [5, 5.41) is 0. The summed E-state index contributed by atoms with van der Waals surface area (Å²) >= 11 is 0. The molecular weight excluding hydrogens is 202 g/mol. The Labute approximate surface area is 88.6 Å². The van der Waals surface area contributed by atoms with E-state index >= 15 is 0 Å². The number of hydrogen-bond donors (Lipinski definition) is 1. The van der Waals surface area contributed by atoms with E-state index in [4.69, 9.17) is 15.2 Å². The highest BCUT2D eigenvalue weighted by molar-refractivity contribution is 5.85. The lowest BCUT2D eigenvalue weighted by molar-refractivity contribution is 0.173. The predicted molar refractivity (Wildman–Crippen MR) is 55.2 cm³/mol. The van der Waals surface area contributed by atoms with Gasteiger partial charge in [-0.15, -0.1) is 12.4 Å². The predicted octanol–water partition coefficient (Wildman–Crippen LogP) is 1.26. The monoisotopic (exact) mass is 213 g/mol. The lowest BCUT2D eigenvalue weighted by Gasteiger charge is -2.02. The number of rotatable bonds is 0. The second-order valence-corrected chi connectivity index (χ2v) is 3.61. The highest BCUT2D eigenvalue weighted by atomic mass is 35.5. The fraction of sp³-hybridized carbons (Fsp3) is 0.400. The molecular formula is C10H12ClNO2. The standard InChI is InChI=1S/C10H11NO2.ClH/c11-7-3-6-1-2-9-10(8(6)4-7)13-5-12-9;/h1-2,7H,3-5,11H2;1H. The SMILES string of the molecule is Cl.NC1Cc2ccc3c(c2C1)OCO3. The Balaban J connectivity index is 0.000000750. The van der Waals surface area contributed by atoms with Crippen LogP contribution in [0.15, 0.2) is 12.1 Å². The van der Waals surface area contributed by atoms with Crippen molar-refractivity contribution in [1.82, 2.24) is 0 Å². The van der Waals surface area contributed by atoms with Gasteiger partial charge in [-0.2, -0.15) is 0 Å². The maximum absolute atomic E-state index is 5.88. The molecule has 14 heavy (non-hydrogen) atoms. The molecule has 1 aromatic rings. The Bertz CT molecular complexity index is 367. The third-order valence-electron chi connectivity index (χ3n) is 2.69. The first-order valence-corrected chi connectivity index (χ1v) is 4.50. The van der Waals surface area contributed by atoms with Crippen molar-refractivity contribution in [3.8, 4) is 11.5 Å². The van der Waals surface area contributed by atoms with Gasteiger partial charge in [0.25, 0.3) is 0 Å². The van der Waals surface area contributed by atoms with E-state index in [1.54, 1.807) is 0 Å². The molecule has 1 heterocycles. The Hall–Kier alpha value is -0.930. The summed E-state index contributed by atoms with van der Waals surface area (Å²) in [6, 6.07) is 4.32. The first kappa shape index (κ1) is 9.62. The number of benzene rings is 1. The van der Waals surface area contributed by atoms with Gasteiger partial charge < -0.3 is 15.2 Å². The van der Waals surface area contributed by atoms with Crippen LogP contribution in [0.25, 0.3) is 0 Å². The molecule has 0 spiro atoms. The van der Waals surface area contributed by atoms with E-state index in [0.29, 0.717) is 6.79 Å². The van der Waals surface area contributed by atoms with Crippen molar-refractivity contribution in [2.75, 3.05) is 6.79 Å². The summed E-state index contributed by atoms with van der Waals surface area (Å²) in [5.74, 6) is 1.79. The van der Waals surface area contributed by atoms with Crippen LogP contribution in [0, 0.1) is 0 Å². The summed E-state index contributed by atoms with van der Waals surface area (Å²) in [6.07, 6.45) is 1.88. The molecule has 0 radical (unpaired) electrons. The van der Waals surface area contributed by atoms with E-state index in [-0.39, 0.29) is 18.4 Å². The topological polar surface area (TPSA) is 44.5 Å². The van der Waals surface area contributed by atoms with Crippen LogP contribution in [-0.2, 0) is 12.8 Å². The second-order valence-electron chi connectivity index (χ2n) is 3.61. The lowest BCUT2D eigenvalue weighted by Crippen LogP contribution is -2.19. The van der Waals surface area contributed by atoms with Gasteiger partial charge in [0.15, 0.2) is 11.5 Å². The fourth-order valence-corrected chi connectivity index (χ4v) is 2.10. The zero-order valence-electron chi connectivity index (χ0n) is 7.66. The van der Waals surface area contributed by atoms with Crippen LogP contribution in [0.4, 0.5) is 0 Å². The van der Waals surface area contributed by atoms with Crippen LogP contribution in [0.1, 0.15) is 11.1 Å². The first-order valence-electron chi connectivity index (χ1n) is 4.50. The minimum absolute atomic E-state index is 0. The number of fused-ring (bicyclic) bond motifs is 3. The minimum Gasteiger partial charge on any atom is -0.454 e. The third-order valence-corrected chi connectivity index (χ3v) is 2.69. The molecule has 1 aromatic carbocycles. The minimum atomic E-state index is 0. The van der Waals surface area contributed by atoms with E-state index in [1.165, 1.54) is 11.1 Å². The molecule has 2 N–H and O–H groups in total. The molecule has 3 nitrogen and oxygen atoms in total. The highest BCUT2D eigenvalue weighted by Gasteiger charge is 2.26. The van der Waals surface area contributed by atoms with E-state index in [9.17, 15) is 0 Å². The zero-order valence-corrected chi connectivity index (χ0v) is 8.47. The van der Waals surface area contributed by atoms with Crippen molar-refractivity contribution < 1.29 is 9.47 Å². The Morgan fingerprint density at radius 3 is 2.93 bits per heavy atom. The highest BCUT2D eigenvalue weighted by Crippen LogP contribution is 2.40. The van der Waals surface area contributed by atoms with E-state index in [2.05, 4.69) is 6.07 Å². The third kappa shape index (κ3) is 1.24. The Morgan fingerprint density at radius 1 is 1.21 bits per heavy atom. The number of halogens is 1. The van der Waals surface area contributed by atoms with Gasteiger partial charge in [0.05, 0.1) is 0 Å². The lowest BCUT2D eigenvalue weighted by atomic mass is 10.1. The molecule has 1 aliphatic carbocycles. The molecule has 2 aliphatic rings. The molecule has 1 aliphatic heterocycles. The number of nitrogens with two attached hydrogens (primary N) is 1. The smallest absolute Gasteiger partial charge is 0.231 e. The van der Waals surface area contributed by atoms with Crippen LogP contribution in [-0.4, -0.2) is 12.8 Å². The number of ether oxygens (including phenoxy) is 2. The fourth-order valence-electron chi connectivity index (χ4n) is 2.10. The maximum atomic E-state index is 5.88. The van der Waals surface area contributed by atoms with Crippen molar-refractivity contribution in [1.29, 1.82) is 0 Å². The average molecular weight is 214 g/mol. The molecule has 3 rings (SSSR count). The molecule has 0 aromatic heterocycles. The van der Waals surface area contributed by atoms with Gasteiger partial charge in [-0.25, -0.2) is 0 Å². The van der Waals surface area contributed by atoms with Crippen molar-refractivity contribution in [3.05, 3.63) is 23.3 Å². The van der Waals surface area contributed by atoms with Crippen LogP contribution in [0.3, 0.4) is 0 Å². The van der Waals surface area contributed by atoms with E-state index < -0.39 is 0 Å². The van der Waals surface area contributed by atoms with Gasteiger partial charge >= 0.3 is 0 Å². The second kappa shape index (κ2) is 3.33. The molecule has 4 heteroatoms. The Kier molecular flexibility index (Phi) is 2.29. The average Bonchev–Trinajstić information content (AvgIpc) is 2.65. The largest absolute Gasteiger partial charge is 0.454 e. The first-order chi connectivity index (χ1) is 6.34. The quantitative estimate of drug-likeness (QED) is 0.706. The van der Waals surface area contributed by atoms with E-state index in [0.717, 1.165) is 24.3 Å². The zero-order chi connectivity index (χ0) is 8.84. The molecule has 0 fully saturated rings. The molecule has 0 amide bonds. The molecule has 1 atom stereocenters. The molecule has 0 saturated heterocycles. The van der Waals surface area contributed by atoms with Crippen LogP contribution < -0.4 is 15.2 Å². The number of hydrogen-bond acceptors (Lipinski definition) is 3. The summed E-state index contributed by atoms with van der Waals surface area (Å²) in [4.78, 5) is 0. The van der Waals surface area contributed by atoms with Crippen molar-refractivity contribution in [2.24, 2.45) is 5.73 Å². The van der Waals surface area contributed by atoms with Gasteiger partial charge in [-0.05, 0) is 24.5 Å². The normalized spacial score (nSPS) is 21.6. The van der Waals surface area contributed by atoms with Gasteiger partial charge in [-0.3, -0.25) is 0 Å². The van der Waals surface area contributed by atoms with Crippen LogP contribution >= 0.6 is 12.4 Å². The molecule has 0 saturated carbocycles.